The minimum Gasteiger partial charge on any atom is -0.507 e. The molecular weight excluding hydrogens is 292 g/mol. The highest BCUT2D eigenvalue weighted by Crippen LogP contribution is 2.22. The maximum atomic E-state index is 9.90. The number of benzene rings is 1. The first kappa shape index (κ1) is 16.7. The lowest BCUT2D eigenvalue weighted by Crippen LogP contribution is -2.40. The molecule has 1 saturated heterocycles. The summed E-state index contributed by atoms with van der Waals surface area (Å²) < 4.78 is 0. The zero-order chi connectivity index (χ0) is 16.8. The third-order valence-electron chi connectivity index (χ3n) is 3.79. The lowest BCUT2D eigenvalue weighted by atomic mass is 10.0. The molecule has 0 atom stereocenters. The van der Waals surface area contributed by atoms with Gasteiger partial charge in [0.25, 0.3) is 0 Å². The molecular formula is C16H24N6O. The fraction of sp³-hybridized carbons (Fsp3) is 0.312. The Hall–Kier alpha value is -2.67. The average molecular weight is 316 g/mol. The molecule has 0 amide bonds. The quantitative estimate of drug-likeness (QED) is 0.234. The second-order valence-corrected chi connectivity index (χ2v) is 5.53. The van der Waals surface area contributed by atoms with Crippen molar-refractivity contribution in [1.82, 2.24) is 10.6 Å². The summed E-state index contributed by atoms with van der Waals surface area (Å²) in [6.07, 6.45) is 3.51. The number of nitrogens with one attached hydrogen (secondary N) is 3. The molecule has 7 heteroatoms. The summed E-state index contributed by atoms with van der Waals surface area (Å²) in [4.78, 5) is 0. The number of rotatable bonds is 5. The summed E-state index contributed by atoms with van der Waals surface area (Å²) in [5, 5.41) is 24.1. The fourth-order valence-corrected chi connectivity index (χ4v) is 2.48. The van der Waals surface area contributed by atoms with Gasteiger partial charge < -0.3 is 32.9 Å². The molecule has 0 aromatic heterocycles. The third-order valence-corrected chi connectivity index (χ3v) is 3.79. The van der Waals surface area contributed by atoms with Crippen LogP contribution in [0, 0.1) is 5.41 Å². The van der Waals surface area contributed by atoms with E-state index in [2.05, 4.69) is 10.6 Å². The number of piperidine rings is 1. The van der Waals surface area contributed by atoms with Crippen LogP contribution in [0.4, 0.5) is 0 Å². The minimum atomic E-state index is -0.220. The Labute approximate surface area is 135 Å². The Morgan fingerprint density at radius 1 is 1.22 bits per heavy atom. The number of amidine groups is 1. The average Bonchev–Trinajstić information content (AvgIpc) is 2.54. The first-order valence-corrected chi connectivity index (χ1v) is 7.56. The van der Waals surface area contributed by atoms with Gasteiger partial charge in [-0.3, -0.25) is 5.41 Å². The molecule has 0 aliphatic carbocycles. The second-order valence-electron chi connectivity index (χ2n) is 5.53. The van der Waals surface area contributed by atoms with E-state index in [9.17, 15) is 5.11 Å². The van der Waals surface area contributed by atoms with Gasteiger partial charge >= 0.3 is 0 Å². The third kappa shape index (κ3) is 4.40. The second kappa shape index (κ2) is 7.55. The molecule has 124 valence electrons. The number of phenolic OH excluding ortho intramolecular Hbond substituents is 1. The predicted molar refractivity (Wildman–Crippen MR) is 92.4 cm³/mol. The van der Waals surface area contributed by atoms with Crippen molar-refractivity contribution in [3.63, 3.8) is 0 Å². The number of hydrogen-bond acceptors (Lipinski definition) is 6. The fourth-order valence-electron chi connectivity index (χ4n) is 2.48. The highest BCUT2D eigenvalue weighted by molar-refractivity contribution is 5.95. The molecule has 1 heterocycles. The van der Waals surface area contributed by atoms with E-state index in [1.165, 1.54) is 0 Å². The van der Waals surface area contributed by atoms with Crippen LogP contribution in [0.1, 0.15) is 18.4 Å². The van der Waals surface area contributed by atoms with E-state index in [1.807, 2.05) is 0 Å². The van der Waals surface area contributed by atoms with Crippen molar-refractivity contribution in [3.05, 3.63) is 47.3 Å². The molecule has 0 spiro atoms. The smallest absolute Gasteiger partial charge is 0.141 e. The summed E-state index contributed by atoms with van der Waals surface area (Å²) >= 11 is 0. The van der Waals surface area contributed by atoms with Crippen molar-refractivity contribution in [2.45, 2.75) is 18.9 Å². The van der Waals surface area contributed by atoms with Crippen LogP contribution in [0.2, 0.25) is 0 Å². The number of para-hydroxylation sites is 1. The molecule has 23 heavy (non-hydrogen) atoms. The SMILES string of the molecule is N=C(N)/C(N)=C(/C=C(\N)c1ccccc1O)NC1CCNCC1. The first-order valence-electron chi connectivity index (χ1n) is 7.56. The molecule has 1 aromatic rings. The molecule has 2 rings (SSSR count). The van der Waals surface area contributed by atoms with Crippen LogP contribution in [0.3, 0.4) is 0 Å². The van der Waals surface area contributed by atoms with E-state index < -0.39 is 0 Å². The van der Waals surface area contributed by atoms with Gasteiger partial charge in [-0.2, -0.15) is 0 Å². The summed E-state index contributed by atoms with van der Waals surface area (Å²) in [6, 6.07) is 7.02. The van der Waals surface area contributed by atoms with E-state index in [0.717, 1.165) is 25.9 Å². The number of hydrogen-bond donors (Lipinski definition) is 7. The van der Waals surface area contributed by atoms with Crippen molar-refractivity contribution < 1.29 is 5.11 Å². The standard InChI is InChI=1S/C16H24N6O/c17-12(11-3-1-2-4-14(11)23)9-13(15(18)16(19)20)22-10-5-7-21-8-6-10/h1-4,9-10,21-23H,5-8,17-18H2,(H3,19,20)/b12-9-,15-13+. The van der Waals surface area contributed by atoms with Crippen molar-refractivity contribution in [3.8, 4) is 5.75 Å². The monoisotopic (exact) mass is 316 g/mol. The first-order chi connectivity index (χ1) is 11.0. The van der Waals surface area contributed by atoms with E-state index in [-0.39, 0.29) is 23.3 Å². The molecule has 1 aliphatic heterocycles. The summed E-state index contributed by atoms with van der Waals surface area (Å²) in [7, 11) is 0. The van der Waals surface area contributed by atoms with E-state index in [0.29, 0.717) is 17.0 Å². The molecule has 1 aromatic carbocycles. The Morgan fingerprint density at radius 3 is 2.48 bits per heavy atom. The lowest BCUT2D eigenvalue weighted by molar-refractivity contribution is 0.414. The van der Waals surface area contributed by atoms with Crippen LogP contribution < -0.4 is 27.8 Å². The van der Waals surface area contributed by atoms with Crippen LogP contribution in [0.15, 0.2) is 41.7 Å². The molecule has 0 radical (unpaired) electrons. The molecule has 0 unspecified atom stereocenters. The van der Waals surface area contributed by atoms with Crippen LogP contribution in [-0.4, -0.2) is 30.1 Å². The van der Waals surface area contributed by atoms with Gasteiger partial charge in [-0.05, 0) is 44.1 Å². The number of aromatic hydroxyl groups is 1. The van der Waals surface area contributed by atoms with Gasteiger partial charge in [-0.25, -0.2) is 0 Å². The Bertz CT molecular complexity index is 631. The van der Waals surface area contributed by atoms with Gasteiger partial charge in [-0.15, -0.1) is 0 Å². The Morgan fingerprint density at radius 2 is 1.87 bits per heavy atom. The normalized spacial score (nSPS) is 17.5. The minimum absolute atomic E-state index is 0.0869. The van der Waals surface area contributed by atoms with Crippen molar-refractivity contribution in [2.24, 2.45) is 17.2 Å². The summed E-state index contributed by atoms with van der Waals surface area (Å²) in [6.45, 7) is 1.84. The Balaban J connectivity index is 2.30. The highest BCUT2D eigenvalue weighted by atomic mass is 16.3. The van der Waals surface area contributed by atoms with Crippen LogP contribution >= 0.6 is 0 Å². The van der Waals surface area contributed by atoms with Crippen molar-refractivity contribution in [2.75, 3.05) is 13.1 Å². The van der Waals surface area contributed by atoms with Crippen LogP contribution in [0.25, 0.3) is 5.70 Å². The van der Waals surface area contributed by atoms with Crippen molar-refractivity contribution in [1.29, 1.82) is 5.41 Å². The van der Waals surface area contributed by atoms with E-state index in [4.69, 9.17) is 22.6 Å². The predicted octanol–water partition coefficient (Wildman–Crippen LogP) is 0.140. The highest BCUT2D eigenvalue weighted by Gasteiger charge is 2.16. The topological polar surface area (TPSA) is 146 Å². The summed E-state index contributed by atoms with van der Waals surface area (Å²) in [5.74, 6) is -0.133. The van der Waals surface area contributed by atoms with Gasteiger partial charge in [0.15, 0.2) is 0 Å². The Kier molecular flexibility index (Phi) is 5.48. The molecule has 0 saturated carbocycles. The van der Waals surface area contributed by atoms with Gasteiger partial charge in [0.1, 0.15) is 11.6 Å². The molecule has 10 N–H and O–H groups in total. The zero-order valence-corrected chi connectivity index (χ0v) is 13.0. The molecule has 0 bridgehead atoms. The maximum Gasteiger partial charge on any atom is 0.141 e. The van der Waals surface area contributed by atoms with Crippen LogP contribution in [0.5, 0.6) is 5.75 Å². The van der Waals surface area contributed by atoms with Gasteiger partial charge in [0.05, 0.1) is 11.4 Å². The zero-order valence-electron chi connectivity index (χ0n) is 13.0. The summed E-state index contributed by atoms with van der Waals surface area (Å²) in [5.41, 5.74) is 19.0. The number of nitrogens with two attached hydrogens (primary N) is 3. The van der Waals surface area contributed by atoms with Gasteiger partial charge in [0.2, 0.25) is 0 Å². The van der Waals surface area contributed by atoms with Crippen LogP contribution in [-0.2, 0) is 0 Å². The number of phenols is 1. The largest absolute Gasteiger partial charge is 0.507 e. The van der Waals surface area contributed by atoms with Gasteiger partial charge in [-0.1, -0.05) is 12.1 Å². The molecule has 1 fully saturated rings. The number of allylic oxidation sites excluding steroid dienone is 1. The van der Waals surface area contributed by atoms with Gasteiger partial charge in [0, 0.05) is 17.3 Å². The molecule has 1 aliphatic rings. The maximum absolute atomic E-state index is 9.90. The molecule has 7 nitrogen and oxygen atoms in total. The van der Waals surface area contributed by atoms with E-state index >= 15 is 0 Å². The van der Waals surface area contributed by atoms with Crippen molar-refractivity contribution >= 4 is 11.5 Å². The lowest BCUT2D eigenvalue weighted by Gasteiger charge is -2.26. The van der Waals surface area contributed by atoms with E-state index in [1.54, 1.807) is 30.3 Å².